The Morgan fingerprint density at radius 3 is 2.36 bits per heavy atom. The average Bonchev–Trinajstić information content (AvgIpc) is 2.94. The molecule has 0 spiro atoms. The molecule has 4 rings (SSSR count). The Kier molecular flexibility index (Phi) is 4.07. The summed E-state index contributed by atoms with van der Waals surface area (Å²) in [6.07, 6.45) is 0.655. The highest BCUT2D eigenvalue weighted by molar-refractivity contribution is 7.04. The summed E-state index contributed by atoms with van der Waals surface area (Å²) < 4.78 is 2.81. The van der Waals surface area contributed by atoms with E-state index in [1.807, 2.05) is 72.8 Å². The van der Waals surface area contributed by atoms with Crippen molar-refractivity contribution in [2.24, 2.45) is 0 Å². The number of hydrogen-bond acceptors (Lipinski definition) is 3. The fraction of sp³-hybridized carbons (Fsp3) is 0.100. The van der Waals surface area contributed by atoms with Crippen molar-refractivity contribution < 1.29 is 0 Å². The molecule has 1 aromatic heterocycles. The van der Waals surface area contributed by atoms with Gasteiger partial charge in [0.05, 0.1) is 5.69 Å². The van der Waals surface area contributed by atoms with Gasteiger partial charge in [0.15, 0.2) is 0 Å². The first-order chi connectivity index (χ1) is 12.2. The summed E-state index contributed by atoms with van der Waals surface area (Å²) in [5.74, 6) is 0. The van der Waals surface area contributed by atoms with Gasteiger partial charge in [0.2, 0.25) is 0 Å². The van der Waals surface area contributed by atoms with E-state index in [9.17, 15) is 9.59 Å². The lowest BCUT2D eigenvalue weighted by molar-refractivity contribution is 0.646. The number of fused-ring (bicyclic) bond motifs is 1. The van der Waals surface area contributed by atoms with E-state index < -0.39 is 0 Å². The third-order valence-electron chi connectivity index (χ3n) is 4.25. The molecule has 0 aliphatic heterocycles. The molecule has 4 aromatic rings. The number of hydrogen-bond donors (Lipinski definition) is 0. The van der Waals surface area contributed by atoms with E-state index in [0.717, 1.165) is 33.6 Å². The Bertz CT molecular complexity index is 1130. The normalized spacial score (nSPS) is 11.0. The van der Waals surface area contributed by atoms with Crippen LogP contribution in [0.25, 0.3) is 16.5 Å². The van der Waals surface area contributed by atoms with Crippen LogP contribution < -0.4 is 10.6 Å². The predicted octanol–water partition coefficient (Wildman–Crippen LogP) is 3.46. The van der Waals surface area contributed by atoms with Crippen LogP contribution in [0.4, 0.5) is 0 Å². The maximum Gasteiger partial charge on any atom is 0.345 e. The number of nitrogens with zero attached hydrogens (tertiary/aromatic N) is 2. The van der Waals surface area contributed by atoms with Gasteiger partial charge in [-0.05, 0) is 23.4 Å². The largest absolute Gasteiger partial charge is 0.345 e. The molecule has 0 atom stereocenters. The number of aromatic nitrogens is 2. The molecule has 1 heterocycles. The molecule has 5 heteroatoms. The van der Waals surface area contributed by atoms with Crippen molar-refractivity contribution in [3.8, 4) is 5.69 Å². The molecular formula is C20H16N2O2S. The molecule has 4 nitrogen and oxygen atoms in total. The van der Waals surface area contributed by atoms with Gasteiger partial charge < -0.3 is 0 Å². The molecule has 0 aliphatic rings. The zero-order valence-electron chi connectivity index (χ0n) is 13.5. The van der Waals surface area contributed by atoms with Crippen molar-refractivity contribution >= 4 is 22.3 Å². The highest BCUT2D eigenvalue weighted by Gasteiger charge is 2.13. The molecule has 0 bridgehead atoms. The minimum absolute atomic E-state index is 0.228. The molecule has 25 heavy (non-hydrogen) atoms. The van der Waals surface area contributed by atoms with Gasteiger partial charge >= 0.3 is 10.6 Å². The third kappa shape index (κ3) is 2.94. The van der Waals surface area contributed by atoms with Gasteiger partial charge in [0.1, 0.15) is 0 Å². The SMILES string of the molecule is O=c1sn(-c2cccc3ccccc23)c(=O)n1CCc1ccccc1. The van der Waals surface area contributed by atoms with Crippen molar-refractivity contribution in [3.63, 3.8) is 0 Å². The van der Waals surface area contributed by atoms with Crippen molar-refractivity contribution in [2.75, 3.05) is 0 Å². The summed E-state index contributed by atoms with van der Waals surface area (Å²) in [7, 11) is 0. The Morgan fingerprint density at radius 1 is 0.800 bits per heavy atom. The van der Waals surface area contributed by atoms with Crippen LogP contribution in [-0.4, -0.2) is 8.52 Å². The van der Waals surface area contributed by atoms with E-state index in [2.05, 4.69) is 0 Å². The van der Waals surface area contributed by atoms with E-state index in [-0.39, 0.29) is 10.6 Å². The Hall–Kier alpha value is -2.92. The van der Waals surface area contributed by atoms with E-state index >= 15 is 0 Å². The van der Waals surface area contributed by atoms with Crippen LogP contribution in [0.1, 0.15) is 5.56 Å². The second-order valence-electron chi connectivity index (χ2n) is 5.82. The van der Waals surface area contributed by atoms with Crippen molar-refractivity contribution in [2.45, 2.75) is 13.0 Å². The molecule has 0 N–H and O–H groups in total. The summed E-state index contributed by atoms with van der Waals surface area (Å²) in [6.45, 7) is 0.385. The van der Waals surface area contributed by atoms with Gasteiger partial charge in [-0.2, -0.15) is 0 Å². The first kappa shape index (κ1) is 15.6. The highest BCUT2D eigenvalue weighted by Crippen LogP contribution is 2.21. The lowest BCUT2D eigenvalue weighted by atomic mass is 10.1. The molecular weight excluding hydrogens is 332 g/mol. The van der Waals surface area contributed by atoms with E-state index in [0.29, 0.717) is 13.0 Å². The minimum Gasteiger partial charge on any atom is -0.255 e. The summed E-state index contributed by atoms with van der Waals surface area (Å²) in [6, 6.07) is 23.5. The van der Waals surface area contributed by atoms with Crippen molar-refractivity contribution in [3.05, 3.63) is 98.5 Å². The summed E-state index contributed by atoms with van der Waals surface area (Å²) in [5, 5.41) is 2.01. The van der Waals surface area contributed by atoms with Crippen LogP contribution in [0.3, 0.4) is 0 Å². The maximum atomic E-state index is 12.8. The predicted molar refractivity (Wildman–Crippen MR) is 102 cm³/mol. The molecule has 0 amide bonds. The molecule has 0 unspecified atom stereocenters. The molecule has 0 fully saturated rings. The monoisotopic (exact) mass is 348 g/mol. The van der Waals surface area contributed by atoms with Crippen molar-refractivity contribution in [1.29, 1.82) is 0 Å². The Balaban J connectivity index is 1.75. The fourth-order valence-corrected chi connectivity index (χ4v) is 3.82. The lowest BCUT2D eigenvalue weighted by Gasteiger charge is -2.05. The maximum absolute atomic E-state index is 12.8. The van der Waals surface area contributed by atoms with Gasteiger partial charge in [-0.3, -0.25) is 4.79 Å². The summed E-state index contributed by atoms with van der Waals surface area (Å²) in [5.41, 5.74) is 1.59. The average molecular weight is 348 g/mol. The molecule has 0 saturated heterocycles. The molecule has 0 radical (unpaired) electrons. The van der Waals surface area contributed by atoms with Crippen LogP contribution >= 0.6 is 11.5 Å². The first-order valence-corrected chi connectivity index (χ1v) is 8.86. The van der Waals surface area contributed by atoms with Crippen LogP contribution in [0.2, 0.25) is 0 Å². The number of aryl methyl sites for hydroxylation is 1. The quantitative estimate of drug-likeness (QED) is 0.567. The minimum atomic E-state index is -0.276. The number of benzene rings is 3. The zero-order valence-corrected chi connectivity index (χ0v) is 14.3. The third-order valence-corrected chi connectivity index (χ3v) is 5.16. The Morgan fingerprint density at radius 2 is 1.52 bits per heavy atom. The lowest BCUT2D eigenvalue weighted by Crippen LogP contribution is -2.29. The smallest absolute Gasteiger partial charge is 0.255 e. The van der Waals surface area contributed by atoms with Crippen LogP contribution in [0.15, 0.2) is 82.4 Å². The van der Waals surface area contributed by atoms with Crippen molar-refractivity contribution in [1.82, 2.24) is 8.52 Å². The van der Waals surface area contributed by atoms with Crippen LogP contribution in [0.5, 0.6) is 0 Å². The molecule has 124 valence electrons. The van der Waals surface area contributed by atoms with E-state index in [1.165, 1.54) is 8.52 Å². The Labute approximate surface area is 148 Å². The van der Waals surface area contributed by atoms with E-state index in [4.69, 9.17) is 0 Å². The second-order valence-corrected chi connectivity index (χ2v) is 6.72. The molecule has 0 aliphatic carbocycles. The standard InChI is InChI=1S/C20H16N2O2S/c23-19-21(14-13-15-7-2-1-3-8-15)20(24)25-22(19)18-12-6-10-16-9-4-5-11-17(16)18/h1-12H,13-14H2. The van der Waals surface area contributed by atoms with Gasteiger partial charge in [-0.25, -0.2) is 13.3 Å². The van der Waals surface area contributed by atoms with Crippen LogP contribution in [-0.2, 0) is 13.0 Å². The first-order valence-electron chi connectivity index (χ1n) is 8.09. The second kappa shape index (κ2) is 6.53. The zero-order chi connectivity index (χ0) is 17.2. The van der Waals surface area contributed by atoms with Gasteiger partial charge in [-0.1, -0.05) is 66.7 Å². The van der Waals surface area contributed by atoms with Gasteiger partial charge in [0.25, 0.3) is 0 Å². The topological polar surface area (TPSA) is 44.0 Å². The fourth-order valence-electron chi connectivity index (χ4n) is 2.96. The number of rotatable bonds is 4. The van der Waals surface area contributed by atoms with E-state index in [1.54, 1.807) is 0 Å². The van der Waals surface area contributed by atoms with Gasteiger partial charge in [0, 0.05) is 23.5 Å². The van der Waals surface area contributed by atoms with Gasteiger partial charge in [-0.15, -0.1) is 0 Å². The van der Waals surface area contributed by atoms with Crippen LogP contribution in [0, 0.1) is 0 Å². The molecule has 3 aromatic carbocycles. The molecule has 0 saturated carbocycles. The summed E-state index contributed by atoms with van der Waals surface area (Å²) >= 11 is 0.956. The highest BCUT2D eigenvalue weighted by atomic mass is 32.1. The summed E-state index contributed by atoms with van der Waals surface area (Å²) in [4.78, 5) is 24.9.